The van der Waals surface area contributed by atoms with Gasteiger partial charge in [-0.2, -0.15) is 0 Å². The van der Waals surface area contributed by atoms with Crippen molar-refractivity contribution in [2.45, 2.75) is 44.9 Å². The van der Waals surface area contributed by atoms with Crippen molar-refractivity contribution in [3.8, 4) is 0 Å². The SMILES string of the molecule is C1CC2CCCC(C1)C2.Cl.Cl. The molecule has 0 aromatic rings. The molecule has 0 radical (unpaired) electrons. The van der Waals surface area contributed by atoms with Gasteiger partial charge in [-0.3, -0.25) is 0 Å². The van der Waals surface area contributed by atoms with E-state index in [9.17, 15) is 0 Å². The maximum atomic E-state index is 1.58. The summed E-state index contributed by atoms with van der Waals surface area (Å²) in [5, 5.41) is 0. The zero-order valence-electron chi connectivity index (χ0n) is 6.92. The Morgan fingerprint density at radius 1 is 0.636 bits per heavy atom. The van der Waals surface area contributed by atoms with Crippen LogP contribution in [0, 0.1) is 11.8 Å². The Kier molecular flexibility index (Phi) is 5.54. The van der Waals surface area contributed by atoms with Crippen molar-refractivity contribution in [2.24, 2.45) is 11.8 Å². The second-order valence-electron chi connectivity index (χ2n) is 3.83. The zero-order chi connectivity index (χ0) is 6.10. The third-order valence-electron chi connectivity index (χ3n) is 3.12. The normalized spacial score (nSPS) is 34.9. The van der Waals surface area contributed by atoms with Gasteiger partial charge in [0.1, 0.15) is 0 Å². The van der Waals surface area contributed by atoms with E-state index in [-0.39, 0.29) is 24.8 Å². The molecule has 0 aliphatic heterocycles. The average Bonchev–Trinajstić information content (AvgIpc) is 1.88. The number of hydrogen-bond donors (Lipinski definition) is 0. The van der Waals surface area contributed by atoms with Gasteiger partial charge in [-0.15, -0.1) is 24.8 Å². The van der Waals surface area contributed by atoms with Gasteiger partial charge in [0.15, 0.2) is 0 Å². The summed E-state index contributed by atoms with van der Waals surface area (Å²) in [6.45, 7) is 0. The van der Waals surface area contributed by atoms with E-state index in [1.807, 2.05) is 0 Å². The minimum Gasteiger partial charge on any atom is -0.147 e. The van der Waals surface area contributed by atoms with Gasteiger partial charge in [0, 0.05) is 0 Å². The molecule has 2 saturated carbocycles. The van der Waals surface area contributed by atoms with Crippen molar-refractivity contribution in [1.82, 2.24) is 0 Å². The predicted octanol–water partition coefficient (Wildman–Crippen LogP) is 3.82. The third-order valence-corrected chi connectivity index (χ3v) is 3.12. The maximum Gasteiger partial charge on any atom is -0.0412 e. The second kappa shape index (κ2) is 5.27. The fourth-order valence-electron chi connectivity index (χ4n) is 2.62. The molecule has 0 aromatic carbocycles. The van der Waals surface area contributed by atoms with Gasteiger partial charge in [-0.1, -0.05) is 38.5 Å². The molecule has 0 saturated heterocycles. The van der Waals surface area contributed by atoms with Crippen LogP contribution in [0.25, 0.3) is 0 Å². The topological polar surface area (TPSA) is 0 Å². The summed E-state index contributed by atoms with van der Waals surface area (Å²) in [7, 11) is 0. The molecule has 2 aliphatic rings. The molecule has 0 heterocycles. The van der Waals surface area contributed by atoms with E-state index >= 15 is 0 Å². The lowest BCUT2D eigenvalue weighted by atomic mass is 9.72. The molecule has 0 nitrogen and oxygen atoms in total. The predicted molar refractivity (Wildman–Crippen MR) is 53.8 cm³/mol. The molecular weight excluding hydrogens is 179 g/mol. The van der Waals surface area contributed by atoms with E-state index in [4.69, 9.17) is 0 Å². The van der Waals surface area contributed by atoms with Crippen LogP contribution in [0.5, 0.6) is 0 Å². The maximum absolute atomic E-state index is 1.58. The molecule has 2 heteroatoms. The number of halogens is 2. The zero-order valence-corrected chi connectivity index (χ0v) is 8.55. The van der Waals surface area contributed by atoms with Gasteiger partial charge in [0.05, 0.1) is 0 Å². The summed E-state index contributed by atoms with van der Waals surface area (Å²) < 4.78 is 0. The molecule has 2 rings (SSSR count). The summed E-state index contributed by atoms with van der Waals surface area (Å²) in [6.07, 6.45) is 10.9. The Labute approximate surface area is 82.0 Å². The molecular formula is C9H18Cl2. The molecule has 2 fully saturated rings. The highest BCUT2D eigenvalue weighted by Gasteiger charge is 2.25. The number of hydrogen-bond acceptors (Lipinski definition) is 0. The minimum atomic E-state index is 0. The Balaban J connectivity index is 0.000000500. The first kappa shape index (κ1) is 11.6. The molecule has 0 amide bonds. The van der Waals surface area contributed by atoms with Gasteiger partial charge in [-0.25, -0.2) is 0 Å². The van der Waals surface area contributed by atoms with Gasteiger partial charge in [0.2, 0.25) is 0 Å². The Bertz CT molecular complexity index is 83.7. The molecule has 68 valence electrons. The van der Waals surface area contributed by atoms with Crippen molar-refractivity contribution in [3.63, 3.8) is 0 Å². The third kappa shape index (κ3) is 2.83. The Morgan fingerprint density at radius 3 is 1.27 bits per heavy atom. The average molecular weight is 197 g/mol. The summed E-state index contributed by atoms with van der Waals surface area (Å²) in [4.78, 5) is 0. The summed E-state index contributed by atoms with van der Waals surface area (Å²) in [5.41, 5.74) is 0. The van der Waals surface area contributed by atoms with Crippen LogP contribution in [-0.4, -0.2) is 0 Å². The number of rotatable bonds is 0. The lowest BCUT2D eigenvalue weighted by molar-refractivity contribution is 0.190. The lowest BCUT2D eigenvalue weighted by Gasteiger charge is -2.33. The van der Waals surface area contributed by atoms with E-state index in [1.165, 1.54) is 12.8 Å². The highest BCUT2D eigenvalue weighted by Crippen LogP contribution is 2.39. The quantitative estimate of drug-likeness (QED) is 0.553. The second-order valence-corrected chi connectivity index (χ2v) is 3.83. The smallest absolute Gasteiger partial charge is 0.0412 e. The summed E-state index contributed by atoms with van der Waals surface area (Å²) in [5.74, 6) is 2.30. The minimum absolute atomic E-state index is 0. The van der Waals surface area contributed by atoms with E-state index < -0.39 is 0 Å². The van der Waals surface area contributed by atoms with Crippen LogP contribution in [0.2, 0.25) is 0 Å². The van der Waals surface area contributed by atoms with Crippen molar-refractivity contribution in [2.75, 3.05) is 0 Å². The fraction of sp³-hybridized carbons (Fsp3) is 1.00. The fourth-order valence-corrected chi connectivity index (χ4v) is 2.62. The van der Waals surface area contributed by atoms with Crippen LogP contribution in [0.3, 0.4) is 0 Å². The van der Waals surface area contributed by atoms with Crippen LogP contribution >= 0.6 is 24.8 Å². The largest absolute Gasteiger partial charge is 0.147 e. The lowest BCUT2D eigenvalue weighted by Crippen LogP contribution is -2.20. The monoisotopic (exact) mass is 196 g/mol. The van der Waals surface area contributed by atoms with Crippen LogP contribution in [0.4, 0.5) is 0 Å². The molecule has 0 unspecified atom stereocenters. The Hall–Kier alpha value is 0.580. The van der Waals surface area contributed by atoms with Crippen LogP contribution in [-0.2, 0) is 0 Å². The van der Waals surface area contributed by atoms with Crippen LogP contribution < -0.4 is 0 Å². The van der Waals surface area contributed by atoms with Gasteiger partial charge in [0.25, 0.3) is 0 Å². The molecule has 2 bridgehead atoms. The highest BCUT2D eigenvalue weighted by atomic mass is 35.5. The molecule has 0 atom stereocenters. The van der Waals surface area contributed by atoms with E-state index in [0.29, 0.717) is 0 Å². The summed E-state index contributed by atoms with van der Waals surface area (Å²) in [6, 6.07) is 0. The molecule has 11 heavy (non-hydrogen) atoms. The Morgan fingerprint density at radius 2 is 1.00 bits per heavy atom. The van der Waals surface area contributed by atoms with Crippen LogP contribution in [0.15, 0.2) is 0 Å². The van der Waals surface area contributed by atoms with Gasteiger partial charge in [-0.05, 0) is 18.3 Å². The van der Waals surface area contributed by atoms with Crippen molar-refractivity contribution in [3.05, 3.63) is 0 Å². The van der Waals surface area contributed by atoms with Gasteiger partial charge < -0.3 is 0 Å². The summed E-state index contributed by atoms with van der Waals surface area (Å²) >= 11 is 0. The first-order valence-electron chi connectivity index (χ1n) is 4.45. The van der Waals surface area contributed by atoms with Gasteiger partial charge >= 0.3 is 0 Å². The van der Waals surface area contributed by atoms with Crippen LogP contribution in [0.1, 0.15) is 44.9 Å². The highest BCUT2D eigenvalue weighted by molar-refractivity contribution is 5.85. The standard InChI is InChI=1S/C9H16.2ClH/c1-3-8-5-2-6-9(4-1)7-8;;/h8-9H,1-7H2;2*1H. The molecule has 0 aromatic heterocycles. The van der Waals surface area contributed by atoms with Crippen molar-refractivity contribution >= 4 is 24.8 Å². The van der Waals surface area contributed by atoms with Crippen molar-refractivity contribution < 1.29 is 0 Å². The van der Waals surface area contributed by atoms with Crippen molar-refractivity contribution in [1.29, 1.82) is 0 Å². The number of fused-ring (bicyclic) bond motifs is 2. The first-order valence-corrected chi connectivity index (χ1v) is 4.45. The molecule has 0 N–H and O–H groups in total. The molecule has 2 aliphatic carbocycles. The van der Waals surface area contributed by atoms with E-state index in [2.05, 4.69) is 0 Å². The van der Waals surface area contributed by atoms with E-state index in [0.717, 1.165) is 11.8 Å². The molecule has 0 spiro atoms. The first-order chi connectivity index (χ1) is 4.45. The van der Waals surface area contributed by atoms with E-state index in [1.54, 1.807) is 32.1 Å².